The number of nitro benzene ring substituents is 1. The molecule has 0 saturated carbocycles. The molecule has 0 aromatic heterocycles. The number of benzene rings is 1. The summed E-state index contributed by atoms with van der Waals surface area (Å²) in [6, 6.07) is 4.68. The Morgan fingerprint density at radius 3 is 2.64 bits per heavy atom. The van der Waals surface area contributed by atoms with Crippen molar-refractivity contribution in [1.82, 2.24) is 0 Å². The van der Waals surface area contributed by atoms with Gasteiger partial charge in [-0.1, -0.05) is 13.0 Å². The van der Waals surface area contributed by atoms with Crippen LogP contribution in [0, 0.1) is 17.0 Å². The van der Waals surface area contributed by atoms with E-state index in [0.29, 0.717) is 5.56 Å². The Labute approximate surface area is 81.7 Å². The first-order valence-corrected chi connectivity index (χ1v) is 4.36. The molecule has 0 bridgehead atoms. The largest absolute Gasteiger partial charge is 0.269 e. The Bertz CT molecular complexity index is 352. The van der Waals surface area contributed by atoms with E-state index in [-0.39, 0.29) is 11.6 Å². The maximum absolute atomic E-state index is 12.4. The van der Waals surface area contributed by atoms with Gasteiger partial charge in [-0.25, -0.2) is 0 Å². The molecule has 14 heavy (non-hydrogen) atoms. The molecule has 0 aliphatic rings. The van der Waals surface area contributed by atoms with Crippen molar-refractivity contribution in [3.63, 3.8) is 0 Å². The van der Waals surface area contributed by atoms with E-state index in [1.165, 1.54) is 12.1 Å². The lowest BCUT2D eigenvalue weighted by atomic mass is 10.00. The summed E-state index contributed by atoms with van der Waals surface area (Å²) in [6.07, 6.45) is 0. The first-order valence-electron chi connectivity index (χ1n) is 4.36. The van der Waals surface area contributed by atoms with Gasteiger partial charge in [0.15, 0.2) is 0 Å². The number of hydrogen-bond donors (Lipinski definition) is 0. The maximum atomic E-state index is 12.4. The highest BCUT2D eigenvalue weighted by molar-refractivity contribution is 5.40. The third kappa shape index (κ3) is 2.28. The van der Waals surface area contributed by atoms with Crippen LogP contribution in [-0.2, 0) is 0 Å². The predicted molar refractivity (Wildman–Crippen MR) is 52.2 cm³/mol. The standard InChI is InChI=1S/C10H12FNO2/c1-7-3-9(8(2)6-11)5-10(4-7)12(13)14/h3-5,8H,6H2,1-2H3. The number of alkyl halides is 1. The number of nitrogens with zero attached hydrogens (tertiary/aromatic N) is 1. The third-order valence-electron chi connectivity index (χ3n) is 2.10. The molecule has 1 aromatic carbocycles. The molecule has 1 atom stereocenters. The molecule has 4 heteroatoms. The van der Waals surface area contributed by atoms with Crippen molar-refractivity contribution in [3.8, 4) is 0 Å². The number of halogens is 1. The molecule has 0 fully saturated rings. The maximum Gasteiger partial charge on any atom is 0.269 e. The van der Waals surface area contributed by atoms with Crippen LogP contribution < -0.4 is 0 Å². The van der Waals surface area contributed by atoms with Crippen LogP contribution in [0.15, 0.2) is 18.2 Å². The summed E-state index contributed by atoms with van der Waals surface area (Å²) in [4.78, 5) is 10.1. The number of nitro groups is 1. The van der Waals surface area contributed by atoms with Crippen LogP contribution in [0.2, 0.25) is 0 Å². The van der Waals surface area contributed by atoms with Gasteiger partial charge in [0, 0.05) is 18.1 Å². The summed E-state index contributed by atoms with van der Waals surface area (Å²) in [6.45, 7) is 2.97. The Morgan fingerprint density at radius 1 is 1.50 bits per heavy atom. The minimum Gasteiger partial charge on any atom is -0.258 e. The third-order valence-corrected chi connectivity index (χ3v) is 2.10. The first kappa shape index (κ1) is 10.6. The SMILES string of the molecule is Cc1cc(C(C)CF)cc([N+](=O)[O-])c1. The van der Waals surface area contributed by atoms with Crippen molar-refractivity contribution in [2.75, 3.05) is 6.67 Å². The molecule has 76 valence electrons. The Hall–Kier alpha value is -1.45. The van der Waals surface area contributed by atoms with Crippen LogP contribution in [0.4, 0.5) is 10.1 Å². The zero-order chi connectivity index (χ0) is 10.7. The number of rotatable bonds is 3. The molecule has 0 radical (unpaired) electrons. The summed E-state index contributed by atoms with van der Waals surface area (Å²) >= 11 is 0. The van der Waals surface area contributed by atoms with Gasteiger partial charge in [-0.3, -0.25) is 14.5 Å². The van der Waals surface area contributed by atoms with E-state index in [1.54, 1.807) is 19.9 Å². The first-order chi connectivity index (χ1) is 6.54. The van der Waals surface area contributed by atoms with Crippen LogP contribution in [0.25, 0.3) is 0 Å². The van der Waals surface area contributed by atoms with Crippen LogP contribution in [0.3, 0.4) is 0 Å². The van der Waals surface area contributed by atoms with Gasteiger partial charge in [-0.2, -0.15) is 0 Å². The quantitative estimate of drug-likeness (QED) is 0.552. The molecule has 0 aliphatic carbocycles. The number of aryl methyl sites for hydroxylation is 1. The molecular weight excluding hydrogens is 185 g/mol. The topological polar surface area (TPSA) is 43.1 Å². The Kier molecular flexibility index (Phi) is 3.17. The van der Waals surface area contributed by atoms with Gasteiger partial charge < -0.3 is 0 Å². The number of non-ortho nitro benzene ring substituents is 1. The van der Waals surface area contributed by atoms with E-state index in [4.69, 9.17) is 0 Å². The fourth-order valence-corrected chi connectivity index (χ4v) is 1.27. The van der Waals surface area contributed by atoms with E-state index in [0.717, 1.165) is 5.56 Å². The predicted octanol–water partition coefficient (Wildman–Crippen LogP) is 2.98. The lowest BCUT2D eigenvalue weighted by Gasteiger charge is -2.07. The molecule has 3 nitrogen and oxygen atoms in total. The summed E-state index contributed by atoms with van der Waals surface area (Å²) in [7, 11) is 0. The number of hydrogen-bond acceptors (Lipinski definition) is 2. The van der Waals surface area contributed by atoms with E-state index in [9.17, 15) is 14.5 Å². The molecule has 0 spiro atoms. The van der Waals surface area contributed by atoms with Crippen LogP contribution in [-0.4, -0.2) is 11.6 Å². The van der Waals surface area contributed by atoms with Crippen molar-refractivity contribution in [1.29, 1.82) is 0 Å². The molecule has 0 heterocycles. The van der Waals surface area contributed by atoms with E-state index in [1.807, 2.05) is 0 Å². The lowest BCUT2D eigenvalue weighted by Crippen LogP contribution is -1.98. The highest BCUT2D eigenvalue weighted by Gasteiger charge is 2.12. The van der Waals surface area contributed by atoms with Crippen LogP contribution in [0.5, 0.6) is 0 Å². The zero-order valence-electron chi connectivity index (χ0n) is 8.16. The summed E-state index contributed by atoms with van der Waals surface area (Å²) in [5.74, 6) is -0.284. The smallest absolute Gasteiger partial charge is 0.258 e. The second-order valence-electron chi connectivity index (χ2n) is 3.41. The molecule has 0 saturated heterocycles. The van der Waals surface area contributed by atoms with Crippen molar-refractivity contribution >= 4 is 5.69 Å². The van der Waals surface area contributed by atoms with Gasteiger partial charge in [0.1, 0.15) is 0 Å². The molecular formula is C10H12FNO2. The van der Waals surface area contributed by atoms with Crippen LogP contribution in [0.1, 0.15) is 24.0 Å². The second-order valence-corrected chi connectivity index (χ2v) is 3.41. The fourth-order valence-electron chi connectivity index (χ4n) is 1.27. The van der Waals surface area contributed by atoms with E-state index in [2.05, 4.69) is 0 Å². The second kappa shape index (κ2) is 4.17. The van der Waals surface area contributed by atoms with E-state index < -0.39 is 11.6 Å². The fraction of sp³-hybridized carbons (Fsp3) is 0.400. The Morgan fingerprint density at radius 2 is 2.14 bits per heavy atom. The van der Waals surface area contributed by atoms with Crippen LogP contribution >= 0.6 is 0 Å². The Balaban J connectivity index is 3.13. The minimum absolute atomic E-state index is 0.0281. The zero-order valence-corrected chi connectivity index (χ0v) is 8.16. The van der Waals surface area contributed by atoms with Gasteiger partial charge in [0.05, 0.1) is 11.6 Å². The molecule has 0 aliphatic heterocycles. The van der Waals surface area contributed by atoms with Gasteiger partial charge in [-0.05, 0) is 18.1 Å². The lowest BCUT2D eigenvalue weighted by molar-refractivity contribution is -0.385. The summed E-state index contributed by atoms with van der Waals surface area (Å²) < 4.78 is 12.4. The summed E-state index contributed by atoms with van der Waals surface area (Å²) in [5, 5.41) is 10.5. The van der Waals surface area contributed by atoms with Gasteiger partial charge in [-0.15, -0.1) is 0 Å². The van der Waals surface area contributed by atoms with Crippen molar-refractivity contribution in [2.45, 2.75) is 19.8 Å². The monoisotopic (exact) mass is 197 g/mol. The highest BCUT2D eigenvalue weighted by Crippen LogP contribution is 2.23. The average molecular weight is 197 g/mol. The molecule has 1 rings (SSSR count). The molecule has 0 amide bonds. The minimum atomic E-state index is -0.499. The molecule has 1 aromatic rings. The van der Waals surface area contributed by atoms with Crippen molar-refractivity contribution < 1.29 is 9.31 Å². The average Bonchev–Trinajstić information content (AvgIpc) is 2.15. The van der Waals surface area contributed by atoms with Gasteiger partial charge in [0.2, 0.25) is 0 Å². The van der Waals surface area contributed by atoms with Crippen molar-refractivity contribution in [2.24, 2.45) is 0 Å². The van der Waals surface area contributed by atoms with Crippen molar-refractivity contribution in [3.05, 3.63) is 39.4 Å². The van der Waals surface area contributed by atoms with Gasteiger partial charge >= 0.3 is 0 Å². The summed E-state index contributed by atoms with van der Waals surface area (Å²) in [5.41, 5.74) is 1.49. The van der Waals surface area contributed by atoms with Gasteiger partial charge in [0.25, 0.3) is 5.69 Å². The molecule has 0 N–H and O–H groups in total. The highest BCUT2D eigenvalue weighted by atomic mass is 19.1. The normalized spacial score (nSPS) is 12.5. The molecule has 1 unspecified atom stereocenters. The van der Waals surface area contributed by atoms with E-state index >= 15 is 0 Å².